The molecule has 0 aromatic heterocycles. The summed E-state index contributed by atoms with van der Waals surface area (Å²) in [7, 11) is 0. The van der Waals surface area contributed by atoms with Crippen LogP contribution in [0.25, 0.3) is 0 Å². The number of hydrogen-bond donors (Lipinski definition) is 2. The van der Waals surface area contributed by atoms with Gasteiger partial charge in [-0.3, -0.25) is 0 Å². The van der Waals surface area contributed by atoms with Crippen molar-refractivity contribution in [2.45, 2.75) is 153 Å². The first-order valence-corrected chi connectivity index (χ1v) is 19.4. The predicted octanol–water partition coefficient (Wildman–Crippen LogP) is 13.7. The molecule has 0 fully saturated rings. The number of ether oxygens (including phenoxy) is 2. The van der Waals surface area contributed by atoms with Crippen LogP contribution in [0, 0.1) is 0 Å². The summed E-state index contributed by atoms with van der Waals surface area (Å²) < 4.78 is 13.7. The molecule has 244 valence electrons. The van der Waals surface area contributed by atoms with Gasteiger partial charge in [0.25, 0.3) is 0 Å². The lowest BCUT2D eigenvalue weighted by molar-refractivity contribution is 0.258. The number of halogens is 1. The van der Waals surface area contributed by atoms with Crippen molar-refractivity contribution in [3.63, 3.8) is 0 Å². The first-order chi connectivity index (χ1) is 21.1. The maximum Gasteiger partial charge on any atom is 0.161 e. The molecule has 2 nitrogen and oxygen atoms in total. The molecule has 0 spiro atoms. The van der Waals surface area contributed by atoms with E-state index in [0.717, 1.165) is 53.2 Å². The zero-order chi connectivity index (χ0) is 31.0. The third-order valence-corrected chi connectivity index (χ3v) is 10.3. The number of benzene rings is 2. The van der Waals surface area contributed by atoms with Crippen LogP contribution in [-0.2, 0) is 0 Å². The second-order valence-electron chi connectivity index (χ2n) is 12.2. The van der Waals surface area contributed by atoms with Crippen molar-refractivity contribution in [1.82, 2.24) is 0 Å². The summed E-state index contributed by atoms with van der Waals surface area (Å²) in [5, 5.41) is -0.0788. The normalized spacial score (nSPS) is 12.8. The van der Waals surface area contributed by atoms with Crippen molar-refractivity contribution in [2.75, 3.05) is 13.2 Å². The van der Waals surface area contributed by atoms with E-state index in [1.165, 1.54) is 116 Å². The summed E-state index contributed by atoms with van der Waals surface area (Å²) in [6.45, 7) is 6.03. The van der Waals surface area contributed by atoms with Crippen LogP contribution in [-0.4, -0.2) is 13.2 Å². The Morgan fingerprint density at radius 1 is 0.488 bits per heavy atom. The van der Waals surface area contributed by atoms with E-state index < -0.39 is 0 Å². The monoisotopic (exact) mass is 692 g/mol. The fourth-order valence-electron chi connectivity index (χ4n) is 5.51. The SMILES string of the molecule is CCCCCCCCCCCCOc1ccc(C(S)C(S)c2ccc(Br)cc2)cc1OCCCCCCCCCCCC. The topological polar surface area (TPSA) is 18.5 Å². The quantitative estimate of drug-likeness (QED) is 0.0717. The second-order valence-corrected chi connectivity index (χ2v) is 14.2. The number of rotatable bonds is 27. The van der Waals surface area contributed by atoms with Crippen molar-refractivity contribution in [2.24, 2.45) is 0 Å². The standard InChI is InChI=1S/C38H61BrO2S2/c1-3-5-7-9-11-13-15-17-19-21-29-40-35-28-25-33(38(43)37(42)32-23-26-34(39)27-24-32)31-36(35)41-30-22-20-18-16-14-12-10-8-6-4-2/h23-28,31,37-38,42-43H,3-22,29-30H2,1-2H3. The molecule has 0 amide bonds. The molecule has 0 aliphatic heterocycles. The van der Waals surface area contributed by atoms with Crippen LogP contribution < -0.4 is 9.47 Å². The van der Waals surface area contributed by atoms with Gasteiger partial charge in [-0.1, -0.05) is 164 Å². The number of thiol groups is 2. The van der Waals surface area contributed by atoms with Crippen LogP contribution in [0.4, 0.5) is 0 Å². The lowest BCUT2D eigenvalue weighted by Crippen LogP contribution is -2.05. The molecule has 0 aliphatic rings. The number of unbranched alkanes of at least 4 members (excludes halogenated alkanes) is 18. The van der Waals surface area contributed by atoms with E-state index in [9.17, 15) is 0 Å². The molecule has 2 unspecified atom stereocenters. The highest BCUT2D eigenvalue weighted by molar-refractivity contribution is 9.10. The average Bonchev–Trinajstić information content (AvgIpc) is 3.02. The maximum atomic E-state index is 6.36. The Balaban J connectivity index is 1.83. The molecule has 2 atom stereocenters. The first-order valence-electron chi connectivity index (χ1n) is 17.6. The summed E-state index contributed by atoms with van der Waals surface area (Å²) in [5.74, 6) is 1.70. The summed E-state index contributed by atoms with van der Waals surface area (Å²) >= 11 is 13.4. The molecular formula is C38H61BrO2S2. The van der Waals surface area contributed by atoms with E-state index in [4.69, 9.17) is 34.7 Å². The second kappa shape index (κ2) is 25.4. The highest BCUT2D eigenvalue weighted by Crippen LogP contribution is 2.42. The van der Waals surface area contributed by atoms with E-state index >= 15 is 0 Å². The number of hydrogen-bond acceptors (Lipinski definition) is 4. The molecule has 2 rings (SSSR count). The molecule has 43 heavy (non-hydrogen) atoms. The van der Waals surface area contributed by atoms with Crippen LogP contribution in [0.2, 0.25) is 0 Å². The van der Waals surface area contributed by atoms with E-state index in [0.29, 0.717) is 0 Å². The highest BCUT2D eigenvalue weighted by atomic mass is 79.9. The third kappa shape index (κ3) is 17.5. The maximum absolute atomic E-state index is 6.36. The molecule has 0 heterocycles. The lowest BCUT2D eigenvalue weighted by Gasteiger charge is -2.21. The Bertz CT molecular complexity index is 936. The summed E-state index contributed by atoms with van der Waals surface area (Å²) in [6.07, 6.45) is 26.5. The zero-order valence-electron chi connectivity index (χ0n) is 27.3. The van der Waals surface area contributed by atoms with Gasteiger partial charge >= 0.3 is 0 Å². The third-order valence-electron chi connectivity index (χ3n) is 8.33. The van der Waals surface area contributed by atoms with Gasteiger partial charge in [-0.05, 0) is 48.2 Å². The van der Waals surface area contributed by atoms with Gasteiger partial charge in [-0.25, -0.2) is 0 Å². The molecule has 0 bridgehead atoms. The molecule has 2 aromatic carbocycles. The predicted molar refractivity (Wildman–Crippen MR) is 199 cm³/mol. The van der Waals surface area contributed by atoms with Crippen molar-refractivity contribution in [3.05, 3.63) is 58.1 Å². The Labute approximate surface area is 284 Å². The van der Waals surface area contributed by atoms with Gasteiger partial charge in [0.1, 0.15) is 0 Å². The lowest BCUT2D eigenvalue weighted by atomic mass is 10.0. The highest BCUT2D eigenvalue weighted by Gasteiger charge is 2.20. The molecule has 0 saturated heterocycles. The average molecular weight is 694 g/mol. The first kappa shape index (κ1) is 38.4. The Morgan fingerprint density at radius 3 is 1.33 bits per heavy atom. The summed E-state index contributed by atoms with van der Waals surface area (Å²) in [4.78, 5) is 0. The van der Waals surface area contributed by atoms with E-state index in [1.807, 2.05) is 0 Å². The molecule has 0 aliphatic carbocycles. The van der Waals surface area contributed by atoms with Crippen molar-refractivity contribution >= 4 is 41.2 Å². The fraction of sp³-hybridized carbons (Fsp3) is 0.684. The molecule has 0 radical (unpaired) electrons. The summed E-state index contributed by atoms with van der Waals surface area (Å²) in [5.41, 5.74) is 2.26. The van der Waals surface area contributed by atoms with Gasteiger partial charge in [0.05, 0.1) is 13.2 Å². The molecule has 0 saturated carbocycles. The van der Waals surface area contributed by atoms with Crippen LogP contribution in [0.15, 0.2) is 46.9 Å². The Kier molecular flexibility index (Phi) is 22.7. The van der Waals surface area contributed by atoms with E-state index in [-0.39, 0.29) is 10.5 Å². The van der Waals surface area contributed by atoms with Gasteiger partial charge in [-0.15, -0.1) is 0 Å². The van der Waals surface area contributed by atoms with Crippen molar-refractivity contribution < 1.29 is 9.47 Å². The van der Waals surface area contributed by atoms with Crippen LogP contribution in [0.1, 0.15) is 164 Å². The molecular weight excluding hydrogens is 632 g/mol. The van der Waals surface area contributed by atoms with E-state index in [1.54, 1.807) is 0 Å². The van der Waals surface area contributed by atoms with Crippen molar-refractivity contribution in [1.29, 1.82) is 0 Å². The molecule has 0 N–H and O–H groups in total. The largest absolute Gasteiger partial charge is 0.490 e. The zero-order valence-corrected chi connectivity index (χ0v) is 30.7. The van der Waals surface area contributed by atoms with Crippen LogP contribution in [0.3, 0.4) is 0 Å². The van der Waals surface area contributed by atoms with E-state index in [2.05, 4.69) is 72.2 Å². The van der Waals surface area contributed by atoms with Crippen molar-refractivity contribution in [3.8, 4) is 11.5 Å². The van der Waals surface area contributed by atoms with Gasteiger partial charge in [0.15, 0.2) is 11.5 Å². The van der Waals surface area contributed by atoms with Gasteiger partial charge < -0.3 is 9.47 Å². The minimum atomic E-state index is -0.0554. The Hall–Kier alpha value is -0.780. The smallest absolute Gasteiger partial charge is 0.161 e. The minimum Gasteiger partial charge on any atom is -0.490 e. The Morgan fingerprint density at radius 2 is 0.860 bits per heavy atom. The minimum absolute atomic E-state index is 0.0235. The van der Waals surface area contributed by atoms with Gasteiger partial charge in [-0.2, -0.15) is 25.3 Å². The summed E-state index contributed by atoms with van der Waals surface area (Å²) in [6, 6.07) is 14.7. The van der Waals surface area contributed by atoms with Crippen LogP contribution >= 0.6 is 41.2 Å². The molecule has 5 heteroatoms. The fourth-order valence-corrected chi connectivity index (χ4v) is 6.45. The van der Waals surface area contributed by atoms with Crippen LogP contribution in [0.5, 0.6) is 11.5 Å². The van der Waals surface area contributed by atoms with Gasteiger partial charge in [0.2, 0.25) is 0 Å². The van der Waals surface area contributed by atoms with Gasteiger partial charge in [0, 0.05) is 15.0 Å². The molecule has 2 aromatic rings.